The lowest BCUT2D eigenvalue weighted by atomic mass is 10.1. The molecule has 3 aromatic carbocycles. The van der Waals surface area contributed by atoms with E-state index in [9.17, 15) is 4.79 Å². The number of aryl methyl sites for hydroxylation is 1. The van der Waals surface area contributed by atoms with Gasteiger partial charge in [0.1, 0.15) is 5.03 Å². The fourth-order valence-electron chi connectivity index (χ4n) is 3.58. The van der Waals surface area contributed by atoms with E-state index in [4.69, 9.17) is 4.98 Å². The fourth-order valence-corrected chi connectivity index (χ4v) is 4.80. The summed E-state index contributed by atoms with van der Waals surface area (Å²) >= 11 is 3.00. The summed E-state index contributed by atoms with van der Waals surface area (Å²) in [6, 6.07) is 23.9. The molecule has 6 nitrogen and oxygen atoms in total. The van der Waals surface area contributed by atoms with Crippen LogP contribution in [0.1, 0.15) is 5.56 Å². The predicted molar refractivity (Wildman–Crippen MR) is 136 cm³/mol. The Balaban J connectivity index is 1.48. The monoisotopic (exact) mass is 471 g/mol. The summed E-state index contributed by atoms with van der Waals surface area (Å²) in [5, 5.41) is 12.6. The number of thioether (sulfide) groups is 2. The summed E-state index contributed by atoms with van der Waals surface area (Å²) in [6.07, 6.45) is 2.01. The van der Waals surface area contributed by atoms with E-state index in [1.165, 1.54) is 17.3 Å². The number of amides is 1. The Morgan fingerprint density at radius 1 is 1.00 bits per heavy atom. The number of carbonyl (C=O) groups excluding carboxylic acids is 1. The molecule has 0 aliphatic heterocycles. The molecule has 1 N–H and O–H groups in total. The molecule has 5 aromatic rings. The summed E-state index contributed by atoms with van der Waals surface area (Å²) in [4.78, 5) is 18.5. The van der Waals surface area contributed by atoms with Gasteiger partial charge in [-0.1, -0.05) is 59.8 Å². The van der Waals surface area contributed by atoms with Gasteiger partial charge >= 0.3 is 0 Å². The van der Waals surface area contributed by atoms with Crippen LogP contribution in [0.4, 0.5) is 5.69 Å². The Bertz CT molecular complexity index is 1460. The Labute approximate surface area is 199 Å². The van der Waals surface area contributed by atoms with Gasteiger partial charge in [-0.05, 0) is 43.5 Å². The molecule has 8 heteroatoms. The van der Waals surface area contributed by atoms with Crippen LogP contribution in [0.3, 0.4) is 0 Å². The molecule has 2 aromatic heterocycles. The molecule has 0 spiro atoms. The zero-order valence-electron chi connectivity index (χ0n) is 18.1. The Morgan fingerprint density at radius 3 is 2.64 bits per heavy atom. The Kier molecular flexibility index (Phi) is 6.02. The van der Waals surface area contributed by atoms with Crippen molar-refractivity contribution < 1.29 is 4.79 Å². The van der Waals surface area contributed by atoms with Crippen LogP contribution in [-0.2, 0) is 4.79 Å². The second-order valence-electron chi connectivity index (χ2n) is 7.52. The van der Waals surface area contributed by atoms with Gasteiger partial charge in [-0.25, -0.2) is 4.98 Å². The van der Waals surface area contributed by atoms with Crippen LogP contribution >= 0.6 is 23.5 Å². The smallest absolute Gasteiger partial charge is 0.234 e. The van der Waals surface area contributed by atoms with E-state index < -0.39 is 0 Å². The molecule has 0 radical (unpaired) electrons. The minimum Gasteiger partial charge on any atom is -0.325 e. The molecule has 1 amide bonds. The number of benzene rings is 3. The van der Waals surface area contributed by atoms with Gasteiger partial charge in [-0.3, -0.25) is 9.20 Å². The third kappa shape index (κ3) is 4.44. The molecular formula is C25H21N5OS2. The Morgan fingerprint density at radius 2 is 1.82 bits per heavy atom. The number of fused-ring (bicyclic) bond motifs is 3. The minimum absolute atomic E-state index is 0.0929. The lowest BCUT2D eigenvalue weighted by Crippen LogP contribution is -2.14. The van der Waals surface area contributed by atoms with Crippen LogP contribution in [0.25, 0.3) is 28.1 Å². The van der Waals surface area contributed by atoms with Crippen molar-refractivity contribution >= 4 is 51.8 Å². The zero-order valence-corrected chi connectivity index (χ0v) is 19.8. The molecule has 0 atom stereocenters. The number of hydrogen-bond acceptors (Lipinski definition) is 6. The molecular weight excluding hydrogens is 450 g/mol. The van der Waals surface area contributed by atoms with E-state index in [1.807, 2.05) is 71.3 Å². The van der Waals surface area contributed by atoms with Gasteiger partial charge in [-0.15, -0.1) is 22.0 Å². The van der Waals surface area contributed by atoms with E-state index >= 15 is 0 Å². The van der Waals surface area contributed by atoms with Crippen LogP contribution in [0.5, 0.6) is 0 Å². The van der Waals surface area contributed by atoms with Gasteiger partial charge in [-0.2, -0.15) is 0 Å². The van der Waals surface area contributed by atoms with Crippen LogP contribution in [0.2, 0.25) is 0 Å². The number of para-hydroxylation sites is 2. The maximum Gasteiger partial charge on any atom is 0.234 e. The molecule has 0 unspecified atom stereocenters. The van der Waals surface area contributed by atoms with Gasteiger partial charge in [0.15, 0.2) is 11.5 Å². The van der Waals surface area contributed by atoms with E-state index in [2.05, 4.69) is 34.6 Å². The Hall–Kier alpha value is -3.36. The van der Waals surface area contributed by atoms with Crippen molar-refractivity contribution in [2.45, 2.75) is 16.8 Å². The second-order valence-corrected chi connectivity index (χ2v) is 9.37. The molecule has 0 saturated heterocycles. The summed E-state index contributed by atoms with van der Waals surface area (Å²) in [5.41, 5.74) is 5.35. The van der Waals surface area contributed by atoms with Crippen molar-refractivity contribution in [3.05, 3.63) is 78.4 Å². The van der Waals surface area contributed by atoms with Crippen molar-refractivity contribution in [3.8, 4) is 11.4 Å². The standard InChI is InChI=1S/C25H21N5OS2/c1-16-10-12-17(13-11-16)23-28-29-24-25(27-20-8-3-4-9-21(20)30(23)24)33-15-22(31)26-18-6-5-7-19(14-18)32-2/h3-14H,15H2,1-2H3,(H,26,31). The zero-order chi connectivity index (χ0) is 22.8. The van der Waals surface area contributed by atoms with Gasteiger partial charge < -0.3 is 5.32 Å². The third-order valence-corrected chi connectivity index (χ3v) is 6.88. The molecule has 164 valence electrons. The number of rotatable bonds is 6. The highest BCUT2D eigenvalue weighted by Crippen LogP contribution is 2.29. The molecule has 0 saturated carbocycles. The number of anilines is 1. The molecule has 33 heavy (non-hydrogen) atoms. The topological polar surface area (TPSA) is 72.2 Å². The first-order valence-electron chi connectivity index (χ1n) is 10.4. The number of aromatic nitrogens is 4. The van der Waals surface area contributed by atoms with Crippen LogP contribution in [0.15, 0.2) is 82.7 Å². The summed E-state index contributed by atoms with van der Waals surface area (Å²) in [6.45, 7) is 2.06. The molecule has 2 heterocycles. The third-order valence-electron chi connectivity index (χ3n) is 5.20. The van der Waals surface area contributed by atoms with Gasteiger partial charge in [0, 0.05) is 16.1 Å². The SMILES string of the molecule is CSc1cccc(NC(=O)CSc2nc3ccccc3n3c(-c4ccc(C)cc4)nnc23)c1. The van der Waals surface area contributed by atoms with Crippen molar-refractivity contribution in [1.29, 1.82) is 0 Å². The number of hydrogen-bond donors (Lipinski definition) is 1. The highest BCUT2D eigenvalue weighted by molar-refractivity contribution is 8.00. The van der Waals surface area contributed by atoms with E-state index in [1.54, 1.807) is 11.8 Å². The van der Waals surface area contributed by atoms with Crippen molar-refractivity contribution in [3.63, 3.8) is 0 Å². The maximum atomic E-state index is 12.6. The molecule has 5 rings (SSSR count). The van der Waals surface area contributed by atoms with Gasteiger partial charge in [0.2, 0.25) is 5.91 Å². The number of carbonyl (C=O) groups is 1. The number of nitrogens with zero attached hydrogens (tertiary/aromatic N) is 4. The van der Waals surface area contributed by atoms with Crippen molar-refractivity contribution in [2.75, 3.05) is 17.3 Å². The quantitative estimate of drug-likeness (QED) is 0.320. The van der Waals surface area contributed by atoms with Crippen molar-refractivity contribution in [1.82, 2.24) is 19.6 Å². The van der Waals surface area contributed by atoms with Crippen molar-refractivity contribution in [2.24, 2.45) is 0 Å². The summed E-state index contributed by atoms with van der Waals surface area (Å²) in [5.74, 6) is 0.880. The van der Waals surface area contributed by atoms with Crippen LogP contribution in [-0.4, -0.2) is 37.5 Å². The first-order valence-corrected chi connectivity index (χ1v) is 12.6. The van der Waals surface area contributed by atoms with Crippen LogP contribution < -0.4 is 5.32 Å². The maximum absolute atomic E-state index is 12.6. The van der Waals surface area contributed by atoms with Gasteiger partial charge in [0.25, 0.3) is 0 Å². The first-order chi connectivity index (χ1) is 16.1. The average Bonchev–Trinajstić information content (AvgIpc) is 3.29. The highest BCUT2D eigenvalue weighted by atomic mass is 32.2. The summed E-state index contributed by atoms with van der Waals surface area (Å²) < 4.78 is 2.02. The molecule has 0 aliphatic carbocycles. The first kappa shape index (κ1) is 21.5. The molecule has 0 fully saturated rings. The molecule has 0 bridgehead atoms. The molecule has 0 aliphatic rings. The van der Waals surface area contributed by atoms with Gasteiger partial charge in [0.05, 0.1) is 16.8 Å². The largest absolute Gasteiger partial charge is 0.325 e. The number of nitrogens with one attached hydrogen (secondary N) is 1. The fraction of sp³-hybridized carbons (Fsp3) is 0.120. The van der Waals surface area contributed by atoms with E-state index in [-0.39, 0.29) is 11.7 Å². The lowest BCUT2D eigenvalue weighted by Gasteiger charge is -2.09. The average molecular weight is 472 g/mol. The highest BCUT2D eigenvalue weighted by Gasteiger charge is 2.17. The van der Waals surface area contributed by atoms with E-state index in [0.717, 1.165) is 33.0 Å². The summed E-state index contributed by atoms with van der Waals surface area (Å²) in [7, 11) is 0. The van der Waals surface area contributed by atoms with Crippen LogP contribution in [0, 0.1) is 6.92 Å². The predicted octanol–water partition coefficient (Wildman–Crippen LogP) is 5.71. The normalized spacial score (nSPS) is 11.2. The van der Waals surface area contributed by atoms with E-state index in [0.29, 0.717) is 10.7 Å². The lowest BCUT2D eigenvalue weighted by molar-refractivity contribution is -0.113. The minimum atomic E-state index is -0.0929. The second kappa shape index (κ2) is 9.25.